The summed E-state index contributed by atoms with van der Waals surface area (Å²) in [5.74, 6) is 0. The first-order valence-corrected chi connectivity index (χ1v) is 7.40. The Balaban J connectivity index is 1.90. The average Bonchev–Trinajstić information content (AvgIpc) is 3.05. The van der Waals surface area contributed by atoms with E-state index in [-0.39, 0.29) is 0 Å². The van der Waals surface area contributed by atoms with Gasteiger partial charge in [0.25, 0.3) is 0 Å². The third-order valence-electron chi connectivity index (χ3n) is 3.60. The molecule has 3 aromatic rings. The Morgan fingerprint density at radius 1 is 1.19 bits per heavy atom. The molecule has 0 atom stereocenters. The summed E-state index contributed by atoms with van der Waals surface area (Å²) in [4.78, 5) is 0. The monoisotopic (exact) mass is 283 g/mol. The van der Waals surface area contributed by atoms with Gasteiger partial charge in [0.1, 0.15) is 5.69 Å². The molecule has 1 aromatic carbocycles. The maximum atomic E-state index is 4.18. The first-order chi connectivity index (χ1) is 10.3. The average molecular weight is 283 g/mol. The van der Waals surface area contributed by atoms with Gasteiger partial charge in [-0.05, 0) is 24.6 Å². The minimum Gasteiger partial charge on any atom is -0.341 e. The van der Waals surface area contributed by atoms with Crippen molar-refractivity contribution in [3.63, 3.8) is 0 Å². The molecule has 0 spiro atoms. The van der Waals surface area contributed by atoms with Crippen molar-refractivity contribution in [1.29, 1.82) is 0 Å². The normalized spacial score (nSPS) is 11.3. The highest BCUT2D eigenvalue weighted by Gasteiger charge is 2.09. The summed E-state index contributed by atoms with van der Waals surface area (Å²) in [6, 6.07) is 8.53. The lowest BCUT2D eigenvalue weighted by Crippen LogP contribution is -2.13. The van der Waals surface area contributed by atoms with Crippen LogP contribution in [0.15, 0.2) is 36.7 Å². The molecule has 0 aliphatic carbocycles. The fraction of sp³-hybridized carbons (Fsp3) is 0.375. The number of aryl methyl sites for hydroxylation is 1. The summed E-state index contributed by atoms with van der Waals surface area (Å²) in [5, 5.41) is 13.0. The van der Waals surface area contributed by atoms with E-state index in [1.54, 1.807) is 4.68 Å². The lowest BCUT2D eigenvalue weighted by molar-refractivity contribution is 0.674. The van der Waals surface area contributed by atoms with Crippen LogP contribution >= 0.6 is 0 Å². The van der Waals surface area contributed by atoms with Gasteiger partial charge < -0.3 is 9.88 Å². The Morgan fingerprint density at radius 3 is 2.81 bits per heavy atom. The van der Waals surface area contributed by atoms with Crippen LogP contribution in [0.5, 0.6) is 0 Å². The summed E-state index contributed by atoms with van der Waals surface area (Å²) < 4.78 is 3.99. The zero-order valence-corrected chi connectivity index (χ0v) is 12.6. The molecule has 3 rings (SSSR count). The van der Waals surface area contributed by atoms with Gasteiger partial charge in [0.2, 0.25) is 0 Å². The van der Waals surface area contributed by atoms with Crippen LogP contribution in [0, 0.1) is 0 Å². The number of aromatic nitrogens is 4. The highest BCUT2D eigenvalue weighted by atomic mass is 15.4. The predicted molar refractivity (Wildman–Crippen MR) is 84.0 cm³/mol. The second kappa shape index (κ2) is 6.10. The van der Waals surface area contributed by atoms with Crippen molar-refractivity contribution >= 4 is 10.9 Å². The Hall–Kier alpha value is -2.14. The fourth-order valence-corrected chi connectivity index (χ4v) is 2.64. The van der Waals surface area contributed by atoms with Crippen LogP contribution in [-0.4, -0.2) is 26.1 Å². The van der Waals surface area contributed by atoms with Gasteiger partial charge in [0.15, 0.2) is 0 Å². The SMILES string of the molecule is CCCNCc1cn(Cc2cn(C)nn2)c2ccccc12. The molecule has 0 saturated heterocycles. The van der Waals surface area contributed by atoms with Crippen molar-refractivity contribution in [1.82, 2.24) is 24.9 Å². The van der Waals surface area contributed by atoms with E-state index in [1.807, 2.05) is 13.2 Å². The van der Waals surface area contributed by atoms with Gasteiger partial charge in [-0.1, -0.05) is 30.3 Å². The molecule has 5 heteroatoms. The molecule has 0 unspecified atom stereocenters. The van der Waals surface area contributed by atoms with Crippen molar-refractivity contribution in [3.8, 4) is 0 Å². The molecule has 0 fully saturated rings. The highest BCUT2D eigenvalue weighted by Crippen LogP contribution is 2.22. The molecule has 0 saturated carbocycles. The van der Waals surface area contributed by atoms with E-state index in [2.05, 4.69) is 57.6 Å². The third-order valence-corrected chi connectivity index (χ3v) is 3.60. The van der Waals surface area contributed by atoms with E-state index >= 15 is 0 Å². The van der Waals surface area contributed by atoms with Gasteiger partial charge >= 0.3 is 0 Å². The summed E-state index contributed by atoms with van der Waals surface area (Å²) in [6.07, 6.45) is 5.34. The van der Waals surface area contributed by atoms with Crippen molar-refractivity contribution < 1.29 is 0 Å². The number of nitrogens with zero attached hydrogens (tertiary/aromatic N) is 4. The number of rotatable bonds is 6. The van der Waals surface area contributed by atoms with E-state index < -0.39 is 0 Å². The number of benzene rings is 1. The van der Waals surface area contributed by atoms with Gasteiger partial charge in [-0.2, -0.15) is 0 Å². The molecular weight excluding hydrogens is 262 g/mol. The van der Waals surface area contributed by atoms with Crippen LogP contribution in [0.25, 0.3) is 10.9 Å². The highest BCUT2D eigenvalue weighted by molar-refractivity contribution is 5.84. The van der Waals surface area contributed by atoms with Crippen LogP contribution in [0.2, 0.25) is 0 Å². The van der Waals surface area contributed by atoms with Crippen molar-refractivity contribution in [2.75, 3.05) is 6.54 Å². The minimum absolute atomic E-state index is 0.752. The van der Waals surface area contributed by atoms with E-state index in [4.69, 9.17) is 0 Å². The Bertz CT molecular complexity index is 725. The topological polar surface area (TPSA) is 47.7 Å². The predicted octanol–water partition coefficient (Wildman–Crippen LogP) is 2.32. The molecule has 0 aliphatic rings. The number of fused-ring (bicyclic) bond motifs is 1. The standard InChI is InChI=1S/C16H21N5/c1-3-8-17-9-13-10-21(12-14-11-20(2)19-18-14)16-7-5-4-6-15(13)16/h4-7,10-11,17H,3,8-9,12H2,1-2H3. The van der Waals surface area contributed by atoms with Crippen LogP contribution in [0.3, 0.4) is 0 Å². The van der Waals surface area contributed by atoms with E-state index in [0.717, 1.165) is 31.7 Å². The molecule has 2 heterocycles. The molecule has 0 radical (unpaired) electrons. The second-order valence-corrected chi connectivity index (χ2v) is 5.36. The number of hydrogen-bond donors (Lipinski definition) is 1. The van der Waals surface area contributed by atoms with Gasteiger partial charge in [0, 0.05) is 36.9 Å². The largest absolute Gasteiger partial charge is 0.341 e. The first-order valence-electron chi connectivity index (χ1n) is 7.40. The van der Waals surface area contributed by atoms with Crippen molar-refractivity contribution in [2.24, 2.45) is 7.05 Å². The maximum Gasteiger partial charge on any atom is 0.102 e. The molecule has 21 heavy (non-hydrogen) atoms. The molecule has 1 N–H and O–H groups in total. The van der Waals surface area contributed by atoms with Gasteiger partial charge in [-0.15, -0.1) is 5.10 Å². The first kappa shape index (κ1) is 13.8. The summed E-state index contributed by atoms with van der Waals surface area (Å²) in [6.45, 7) is 4.89. The Morgan fingerprint density at radius 2 is 2.05 bits per heavy atom. The van der Waals surface area contributed by atoms with Gasteiger partial charge in [-0.25, -0.2) is 0 Å². The Labute approximate surface area is 124 Å². The number of hydrogen-bond acceptors (Lipinski definition) is 3. The second-order valence-electron chi connectivity index (χ2n) is 5.36. The summed E-state index contributed by atoms with van der Waals surface area (Å²) in [5.41, 5.74) is 3.56. The van der Waals surface area contributed by atoms with Crippen molar-refractivity contribution in [3.05, 3.63) is 47.9 Å². The Kier molecular flexibility index (Phi) is 4.01. The van der Waals surface area contributed by atoms with E-state index in [1.165, 1.54) is 16.5 Å². The van der Waals surface area contributed by atoms with Crippen LogP contribution < -0.4 is 5.32 Å². The maximum absolute atomic E-state index is 4.18. The van der Waals surface area contributed by atoms with Gasteiger partial charge in [-0.3, -0.25) is 4.68 Å². The minimum atomic E-state index is 0.752. The van der Waals surface area contributed by atoms with E-state index in [9.17, 15) is 0 Å². The zero-order valence-electron chi connectivity index (χ0n) is 12.6. The molecule has 2 aromatic heterocycles. The van der Waals surface area contributed by atoms with Crippen LogP contribution in [-0.2, 0) is 20.1 Å². The fourth-order valence-electron chi connectivity index (χ4n) is 2.64. The summed E-state index contributed by atoms with van der Waals surface area (Å²) >= 11 is 0. The van der Waals surface area contributed by atoms with Crippen LogP contribution in [0.1, 0.15) is 24.6 Å². The molecule has 5 nitrogen and oxygen atoms in total. The molecule has 0 amide bonds. The zero-order chi connectivity index (χ0) is 14.7. The number of nitrogens with one attached hydrogen (secondary N) is 1. The van der Waals surface area contributed by atoms with Crippen molar-refractivity contribution in [2.45, 2.75) is 26.4 Å². The molecule has 110 valence electrons. The number of para-hydroxylation sites is 1. The third kappa shape index (κ3) is 2.97. The van der Waals surface area contributed by atoms with Crippen LogP contribution in [0.4, 0.5) is 0 Å². The molecule has 0 aliphatic heterocycles. The summed E-state index contributed by atoms with van der Waals surface area (Å²) in [7, 11) is 1.89. The van der Waals surface area contributed by atoms with Gasteiger partial charge in [0.05, 0.1) is 6.54 Å². The molecular formula is C16H21N5. The van der Waals surface area contributed by atoms with E-state index in [0.29, 0.717) is 0 Å². The molecule has 0 bridgehead atoms. The lowest BCUT2D eigenvalue weighted by atomic mass is 10.2. The lowest BCUT2D eigenvalue weighted by Gasteiger charge is -2.01. The smallest absolute Gasteiger partial charge is 0.102 e. The quantitative estimate of drug-likeness (QED) is 0.706.